The van der Waals surface area contributed by atoms with Gasteiger partial charge in [0.25, 0.3) is 0 Å². The highest BCUT2D eigenvalue weighted by Crippen LogP contribution is 2.19. The van der Waals surface area contributed by atoms with Crippen LogP contribution in [-0.4, -0.2) is 29.8 Å². The summed E-state index contributed by atoms with van der Waals surface area (Å²) in [4.78, 5) is 4.02. The van der Waals surface area contributed by atoms with Gasteiger partial charge in [-0.1, -0.05) is 29.3 Å². The normalized spacial score (nSPS) is 13.3. The summed E-state index contributed by atoms with van der Waals surface area (Å²) < 4.78 is 0. The van der Waals surface area contributed by atoms with Gasteiger partial charge in [0, 0.05) is 16.8 Å². The first-order valence-corrected chi connectivity index (χ1v) is 5.61. The van der Waals surface area contributed by atoms with Crippen LogP contribution >= 0.6 is 34.8 Å². The lowest BCUT2D eigenvalue weighted by molar-refractivity contribution is 0.207. The number of aliphatic hydroxyl groups is 1. The van der Waals surface area contributed by atoms with Gasteiger partial charge in [0.15, 0.2) is 0 Å². The van der Waals surface area contributed by atoms with Crippen molar-refractivity contribution in [1.29, 1.82) is 0 Å². The zero-order valence-corrected chi connectivity index (χ0v) is 10.1. The van der Waals surface area contributed by atoms with Crippen molar-refractivity contribution < 1.29 is 5.11 Å². The molecule has 0 saturated carbocycles. The quantitative estimate of drug-likeness (QED) is 0.659. The standard InChI is InChI=1S/C10H10Cl3NO/c11-4-9(15)6-14-5-7-1-2-8(12)3-10(7)13/h1-3,5,9,15H,4,6H2/b14-5+/t9-/m1/s1. The molecule has 0 aliphatic heterocycles. The summed E-state index contributed by atoms with van der Waals surface area (Å²) in [5.41, 5.74) is 0.767. The summed E-state index contributed by atoms with van der Waals surface area (Å²) in [5, 5.41) is 10.3. The summed E-state index contributed by atoms with van der Waals surface area (Å²) in [7, 11) is 0. The lowest BCUT2D eigenvalue weighted by Gasteiger charge is -2.01. The number of rotatable bonds is 4. The number of halogens is 3. The van der Waals surface area contributed by atoms with Gasteiger partial charge in [-0.15, -0.1) is 11.6 Å². The third-order valence-corrected chi connectivity index (χ3v) is 2.61. The van der Waals surface area contributed by atoms with Gasteiger partial charge in [-0.3, -0.25) is 4.99 Å². The zero-order valence-electron chi connectivity index (χ0n) is 7.83. The van der Waals surface area contributed by atoms with E-state index < -0.39 is 6.10 Å². The maximum absolute atomic E-state index is 9.15. The van der Waals surface area contributed by atoms with Gasteiger partial charge >= 0.3 is 0 Å². The van der Waals surface area contributed by atoms with Crippen molar-refractivity contribution in [1.82, 2.24) is 0 Å². The topological polar surface area (TPSA) is 32.6 Å². The number of hydrogen-bond donors (Lipinski definition) is 1. The molecule has 0 aromatic heterocycles. The first-order chi connectivity index (χ1) is 7.13. The molecule has 5 heteroatoms. The molecule has 0 fully saturated rings. The van der Waals surface area contributed by atoms with E-state index in [1.807, 2.05) is 0 Å². The van der Waals surface area contributed by atoms with Crippen LogP contribution in [0.3, 0.4) is 0 Å². The average molecular weight is 267 g/mol. The monoisotopic (exact) mass is 265 g/mol. The molecule has 2 nitrogen and oxygen atoms in total. The second-order valence-electron chi connectivity index (χ2n) is 2.97. The second-order valence-corrected chi connectivity index (χ2v) is 4.12. The van der Waals surface area contributed by atoms with E-state index in [1.165, 1.54) is 0 Å². The molecule has 0 aliphatic rings. The van der Waals surface area contributed by atoms with Crippen molar-refractivity contribution in [2.75, 3.05) is 12.4 Å². The van der Waals surface area contributed by atoms with Crippen LogP contribution in [0.15, 0.2) is 23.2 Å². The Labute approximate surface area is 103 Å². The number of hydrogen-bond acceptors (Lipinski definition) is 2. The molecule has 1 rings (SSSR count). The van der Waals surface area contributed by atoms with Crippen LogP contribution in [0.2, 0.25) is 10.0 Å². The molecular formula is C10H10Cl3NO. The molecule has 0 radical (unpaired) electrons. The highest BCUT2D eigenvalue weighted by atomic mass is 35.5. The summed E-state index contributed by atoms with van der Waals surface area (Å²) in [6, 6.07) is 5.14. The molecule has 1 atom stereocenters. The third-order valence-electron chi connectivity index (χ3n) is 1.69. The van der Waals surface area contributed by atoms with Gasteiger partial charge in [-0.2, -0.15) is 0 Å². The number of alkyl halides is 1. The number of aliphatic hydroxyl groups excluding tert-OH is 1. The van der Waals surface area contributed by atoms with Crippen molar-refractivity contribution in [2.45, 2.75) is 6.10 Å². The fraction of sp³-hybridized carbons (Fsp3) is 0.300. The SMILES string of the molecule is O[C@H](CCl)C/N=C/c1ccc(Cl)cc1Cl. The zero-order chi connectivity index (χ0) is 11.3. The van der Waals surface area contributed by atoms with Crippen LogP contribution in [0.1, 0.15) is 5.56 Å². The molecule has 1 aromatic rings. The minimum atomic E-state index is -0.617. The van der Waals surface area contributed by atoms with Crippen LogP contribution in [0.5, 0.6) is 0 Å². The molecule has 1 aromatic carbocycles. The second kappa shape index (κ2) is 6.33. The molecular weight excluding hydrogens is 256 g/mol. The van der Waals surface area contributed by atoms with Crippen LogP contribution in [0.4, 0.5) is 0 Å². The van der Waals surface area contributed by atoms with Crippen molar-refractivity contribution in [3.63, 3.8) is 0 Å². The average Bonchev–Trinajstić information content (AvgIpc) is 2.21. The maximum Gasteiger partial charge on any atom is 0.0870 e. The van der Waals surface area contributed by atoms with E-state index in [9.17, 15) is 0 Å². The summed E-state index contributed by atoms with van der Waals surface area (Å²) >= 11 is 17.1. The number of benzene rings is 1. The first kappa shape index (κ1) is 12.8. The van der Waals surface area contributed by atoms with Crippen LogP contribution in [0.25, 0.3) is 0 Å². The van der Waals surface area contributed by atoms with Crippen molar-refractivity contribution >= 4 is 41.0 Å². The van der Waals surface area contributed by atoms with E-state index in [2.05, 4.69) is 4.99 Å². The molecule has 1 N–H and O–H groups in total. The molecule has 0 unspecified atom stereocenters. The Kier molecular flexibility index (Phi) is 5.40. The number of nitrogens with zero attached hydrogens (tertiary/aromatic N) is 1. The van der Waals surface area contributed by atoms with Crippen molar-refractivity contribution in [3.8, 4) is 0 Å². The van der Waals surface area contributed by atoms with Crippen LogP contribution in [0, 0.1) is 0 Å². The smallest absolute Gasteiger partial charge is 0.0870 e. The van der Waals surface area contributed by atoms with E-state index in [1.54, 1.807) is 24.4 Å². The van der Waals surface area contributed by atoms with Crippen LogP contribution in [-0.2, 0) is 0 Å². The van der Waals surface area contributed by atoms with Gasteiger partial charge in [-0.05, 0) is 12.1 Å². The fourth-order valence-electron chi connectivity index (χ4n) is 0.928. The Balaban J connectivity index is 2.64. The van der Waals surface area contributed by atoms with Crippen LogP contribution < -0.4 is 0 Å². The Morgan fingerprint density at radius 3 is 2.73 bits per heavy atom. The lowest BCUT2D eigenvalue weighted by atomic mass is 10.2. The molecule has 0 spiro atoms. The Bertz CT molecular complexity index is 355. The summed E-state index contributed by atoms with van der Waals surface area (Å²) in [6.45, 7) is 0.266. The third kappa shape index (κ3) is 4.39. The van der Waals surface area contributed by atoms with Gasteiger partial charge in [0.1, 0.15) is 0 Å². The lowest BCUT2D eigenvalue weighted by Crippen LogP contribution is -2.12. The molecule has 0 heterocycles. The Morgan fingerprint density at radius 2 is 2.13 bits per heavy atom. The molecule has 0 aliphatic carbocycles. The van der Waals surface area contributed by atoms with Gasteiger partial charge < -0.3 is 5.11 Å². The highest BCUT2D eigenvalue weighted by Gasteiger charge is 2.00. The predicted octanol–water partition coefficient (Wildman–Crippen LogP) is 3.01. The highest BCUT2D eigenvalue weighted by molar-refractivity contribution is 6.36. The molecule has 0 saturated heterocycles. The minimum absolute atomic E-state index is 0.172. The summed E-state index contributed by atoms with van der Waals surface area (Å²) in [5.74, 6) is 0.172. The van der Waals surface area contributed by atoms with Gasteiger partial charge in [0.05, 0.1) is 23.6 Å². The fourth-order valence-corrected chi connectivity index (χ4v) is 1.48. The summed E-state index contributed by atoms with van der Waals surface area (Å²) in [6.07, 6.45) is 0.975. The largest absolute Gasteiger partial charge is 0.390 e. The Morgan fingerprint density at radius 1 is 1.40 bits per heavy atom. The van der Waals surface area contributed by atoms with Gasteiger partial charge in [-0.25, -0.2) is 0 Å². The molecule has 15 heavy (non-hydrogen) atoms. The molecule has 82 valence electrons. The Hall–Kier alpha value is -0.280. The van der Waals surface area contributed by atoms with Crippen molar-refractivity contribution in [3.05, 3.63) is 33.8 Å². The minimum Gasteiger partial charge on any atom is -0.390 e. The van der Waals surface area contributed by atoms with E-state index in [4.69, 9.17) is 39.9 Å². The van der Waals surface area contributed by atoms with Gasteiger partial charge in [0.2, 0.25) is 0 Å². The van der Waals surface area contributed by atoms with E-state index in [0.29, 0.717) is 10.0 Å². The molecule has 0 bridgehead atoms. The van der Waals surface area contributed by atoms with E-state index in [0.717, 1.165) is 5.56 Å². The predicted molar refractivity (Wildman–Crippen MR) is 65.6 cm³/mol. The molecule has 0 amide bonds. The maximum atomic E-state index is 9.15. The first-order valence-electron chi connectivity index (χ1n) is 4.32. The number of aliphatic imine (C=N–C) groups is 1. The van der Waals surface area contributed by atoms with Crippen molar-refractivity contribution in [2.24, 2.45) is 4.99 Å². The van der Waals surface area contributed by atoms with E-state index in [-0.39, 0.29) is 12.4 Å². The van der Waals surface area contributed by atoms with E-state index >= 15 is 0 Å².